The van der Waals surface area contributed by atoms with E-state index in [0.717, 1.165) is 29.3 Å². The second kappa shape index (κ2) is 6.62. The average Bonchev–Trinajstić information content (AvgIpc) is 3.01. The number of thiocarbonyl (C=S) groups is 1. The number of benzene rings is 1. The Balaban J connectivity index is 1.89. The monoisotopic (exact) mass is 315 g/mol. The van der Waals surface area contributed by atoms with Gasteiger partial charge in [-0.2, -0.15) is 0 Å². The number of rotatable bonds is 4. The van der Waals surface area contributed by atoms with E-state index in [1.54, 1.807) is 12.4 Å². The zero-order valence-corrected chi connectivity index (χ0v) is 13.1. The van der Waals surface area contributed by atoms with E-state index < -0.39 is 0 Å². The molecule has 0 bridgehead atoms. The highest BCUT2D eigenvalue weighted by Gasteiger charge is 2.18. The van der Waals surface area contributed by atoms with Crippen molar-refractivity contribution in [3.63, 3.8) is 0 Å². The van der Waals surface area contributed by atoms with Crippen LogP contribution >= 0.6 is 12.2 Å². The molecule has 0 unspecified atom stereocenters. The molecule has 22 heavy (non-hydrogen) atoms. The molecule has 5 nitrogen and oxygen atoms in total. The van der Waals surface area contributed by atoms with Gasteiger partial charge in [-0.05, 0) is 49.0 Å². The third kappa shape index (κ3) is 3.12. The number of nitrogens with zero attached hydrogens (tertiary/aromatic N) is 2. The van der Waals surface area contributed by atoms with Gasteiger partial charge in [0.1, 0.15) is 0 Å². The topological polar surface area (TPSA) is 46.6 Å². The van der Waals surface area contributed by atoms with Gasteiger partial charge in [-0.15, -0.1) is 0 Å². The van der Waals surface area contributed by atoms with Crippen molar-refractivity contribution in [2.75, 3.05) is 18.2 Å². The summed E-state index contributed by atoms with van der Waals surface area (Å²) in [5.74, 6) is 1.51. The molecule has 2 aromatic rings. The van der Waals surface area contributed by atoms with Crippen LogP contribution in [-0.2, 0) is 6.54 Å². The maximum absolute atomic E-state index is 5.51. The summed E-state index contributed by atoms with van der Waals surface area (Å²) in [7, 11) is 0. The first-order valence-corrected chi connectivity index (χ1v) is 7.52. The summed E-state index contributed by atoms with van der Waals surface area (Å²) >= 11 is 5.51. The zero-order chi connectivity index (χ0) is 15.4. The molecule has 1 N–H and O–H groups in total. The van der Waals surface area contributed by atoms with E-state index in [4.69, 9.17) is 21.7 Å². The van der Waals surface area contributed by atoms with Crippen molar-refractivity contribution in [2.24, 2.45) is 0 Å². The molecule has 114 valence electrons. The zero-order valence-electron chi connectivity index (χ0n) is 12.3. The number of fused-ring (bicyclic) bond motifs is 1. The van der Waals surface area contributed by atoms with Gasteiger partial charge in [0.15, 0.2) is 16.6 Å². The molecule has 2 heterocycles. The first-order chi connectivity index (χ1) is 10.8. The predicted molar refractivity (Wildman–Crippen MR) is 89.3 cm³/mol. The second-order valence-corrected chi connectivity index (χ2v) is 5.20. The van der Waals surface area contributed by atoms with Crippen LogP contribution in [0.2, 0.25) is 0 Å². The number of nitrogens with one attached hydrogen (secondary N) is 1. The van der Waals surface area contributed by atoms with Crippen LogP contribution in [0.25, 0.3) is 0 Å². The summed E-state index contributed by atoms with van der Waals surface area (Å²) in [5.41, 5.74) is 2.10. The predicted octanol–water partition coefficient (Wildman–Crippen LogP) is 2.71. The van der Waals surface area contributed by atoms with Crippen molar-refractivity contribution in [1.82, 2.24) is 10.3 Å². The Labute approximate surface area is 134 Å². The molecule has 0 spiro atoms. The van der Waals surface area contributed by atoms with Crippen LogP contribution in [0.5, 0.6) is 11.5 Å². The van der Waals surface area contributed by atoms with Gasteiger partial charge in [-0.25, -0.2) is 0 Å². The number of anilines is 1. The fourth-order valence-electron chi connectivity index (χ4n) is 2.25. The fraction of sp³-hybridized carbons (Fsp3) is 0.250. The Bertz CT molecular complexity index is 664. The van der Waals surface area contributed by atoms with E-state index in [0.29, 0.717) is 11.7 Å². The molecular weight excluding hydrogens is 298 g/mol. The Morgan fingerprint density at radius 2 is 2.00 bits per heavy atom. The lowest BCUT2D eigenvalue weighted by Gasteiger charge is -2.26. The molecule has 6 heteroatoms. The summed E-state index contributed by atoms with van der Waals surface area (Å²) in [4.78, 5) is 6.09. The maximum Gasteiger partial charge on any atom is 0.231 e. The first kappa shape index (κ1) is 14.6. The number of hydrogen-bond acceptors (Lipinski definition) is 4. The molecule has 0 amide bonds. The minimum Gasteiger partial charge on any atom is -0.454 e. The van der Waals surface area contributed by atoms with Crippen molar-refractivity contribution >= 4 is 23.0 Å². The smallest absolute Gasteiger partial charge is 0.231 e. The van der Waals surface area contributed by atoms with Gasteiger partial charge >= 0.3 is 0 Å². The third-order valence-electron chi connectivity index (χ3n) is 3.33. The van der Waals surface area contributed by atoms with Gasteiger partial charge in [0.2, 0.25) is 6.79 Å². The molecule has 0 fully saturated rings. The van der Waals surface area contributed by atoms with Crippen molar-refractivity contribution in [3.05, 3.63) is 48.3 Å². The van der Waals surface area contributed by atoms with Crippen LogP contribution in [-0.4, -0.2) is 23.4 Å². The quantitative estimate of drug-likeness (QED) is 0.876. The maximum atomic E-state index is 5.51. The van der Waals surface area contributed by atoms with E-state index in [2.05, 4.69) is 10.3 Å². The number of ether oxygens (including phenoxy) is 2. The molecular formula is C16H17N3O2S. The molecule has 1 aromatic carbocycles. The van der Waals surface area contributed by atoms with Crippen molar-refractivity contribution in [3.8, 4) is 11.5 Å². The lowest BCUT2D eigenvalue weighted by molar-refractivity contribution is 0.174. The molecule has 0 aliphatic carbocycles. The molecule has 0 saturated heterocycles. The normalized spacial score (nSPS) is 12.0. The van der Waals surface area contributed by atoms with E-state index >= 15 is 0 Å². The summed E-state index contributed by atoms with van der Waals surface area (Å²) < 4.78 is 10.8. The van der Waals surface area contributed by atoms with Gasteiger partial charge in [-0.1, -0.05) is 0 Å². The van der Waals surface area contributed by atoms with Crippen LogP contribution in [0.15, 0.2) is 42.7 Å². The van der Waals surface area contributed by atoms with Crippen molar-refractivity contribution < 1.29 is 9.47 Å². The van der Waals surface area contributed by atoms with Gasteiger partial charge < -0.3 is 19.7 Å². The molecule has 3 rings (SSSR count). The first-order valence-electron chi connectivity index (χ1n) is 7.12. The SMILES string of the molecule is CCNC(=S)N(Cc1ccncc1)c1ccc2c(c1)OCO2. The van der Waals surface area contributed by atoms with E-state index in [9.17, 15) is 0 Å². The molecule has 1 aromatic heterocycles. The van der Waals surface area contributed by atoms with E-state index in [1.165, 1.54) is 0 Å². The summed E-state index contributed by atoms with van der Waals surface area (Å²) in [5, 5.41) is 3.88. The highest BCUT2D eigenvalue weighted by Crippen LogP contribution is 2.35. The summed E-state index contributed by atoms with van der Waals surface area (Å²) in [6.45, 7) is 3.72. The Morgan fingerprint density at radius 1 is 1.23 bits per heavy atom. The van der Waals surface area contributed by atoms with E-state index in [-0.39, 0.29) is 6.79 Å². The number of pyridine rings is 1. The Hall–Kier alpha value is -2.34. The highest BCUT2D eigenvalue weighted by atomic mass is 32.1. The van der Waals surface area contributed by atoms with Gasteiger partial charge in [0.05, 0.1) is 6.54 Å². The largest absolute Gasteiger partial charge is 0.454 e. The molecule has 1 aliphatic rings. The Morgan fingerprint density at radius 3 is 2.77 bits per heavy atom. The van der Waals surface area contributed by atoms with Crippen molar-refractivity contribution in [2.45, 2.75) is 13.5 Å². The van der Waals surface area contributed by atoms with Crippen LogP contribution in [0.3, 0.4) is 0 Å². The lowest BCUT2D eigenvalue weighted by Crippen LogP contribution is -2.39. The van der Waals surface area contributed by atoms with Crippen LogP contribution < -0.4 is 19.7 Å². The standard InChI is InChI=1S/C16H17N3O2S/c1-2-18-16(22)19(10-12-5-7-17-8-6-12)13-3-4-14-15(9-13)21-11-20-14/h3-9H,2,10-11H2,1H3,(H,18,22). The summed E-state index contributed by atoms with van der Waals surface area (Å²) in [6, 6.07) is 9.81. The third-order valence-corrected chi connectivity index (χ3v) is 3.70. The van der Waals surface area contributed by atoms with Crippen LogP contribution in [0.4, 0.5) is 5.69 Å². The van der Waals surface area contributed by atoms with Gasteiger partial charge in [-0.3, -0.25) is 4.98 Å². The molecule has 1 aliphatic heterocycles. The van der Waals surface area contributed by atoms with Crippen LogP contribution in [0, 0.1) is 0 Å². The van der Waals surface area contributed by atoms with Crippen molar-refractivity contribution in [1.29, 1.82) is 0 Å². The highest BCUT2D eigenvalue weighted by molar-refractivity contribution is 7.80. The second-order valence-electron chi connectivity index (χ2n) is 4.81. The lowest BCUT2D eigenvalue weighted by atomic mass is 10.2. The fourth-order valence-corrected chi connectivity index (χ4v) is 2.57. The van der Waals surface area contributed by atoms with Gasteiger partial charge in [0.25, 0.3) is 0 Å². The minimum absolute atomic E-state index is 0.265. The van der Waals surface area contributed by atoms with E-state index in [1.807, 2.05) is 42.2 Å². The molecule has 0 radical (unpaired) electrons. The molecule has 0 saturated carbocycles. The minimum atomic E-state index is 0.265. The average molecular weight is 315 g/mol. The number of hydrogen-bond donors (Lipinski definition) is 1. The van der Waals surface area contributed by atoms with Gasteiger partial charge in [0, 0.05) is 30.7 Å². The molecule has 0 atom stereocenters. The van der Waals surface area contributed by atoms with Crippen LogP contribution in [0.1, 0.15) is 12.5 Å². The Kier molecular flexibility index (Phi) is 4.39. The number of aromatic nitrogens is 1. The summed E-state index contributed by atoms with van der Waals surface area (Å²) in [6.07, 6.45) is 3.56.